The van der Waals surface area contributed by atoms with E-state index in [0.717, 1.165) is 0 Å². The Balaban J connectivity index is 2.00. The van der Waals surface area contributed by atoms with Crippen LogP contribution < -0.4 is 5.32 Å². The molecule has 0 saturated carbocycles. The highest BCUT2D eigenvalue weighted by Crippen LogP contribution is 2.16. The number of thiazole rings is 1. The van der Waals surface area contributed by atoms with E-state index >= 15 is 0 Å². The summed E-state index contributed by atoms with van der Waals surface area (Å²) < 4.78 is 4.53. The molecular formula is C11H10N4O3S. The number of methoxy groups -OCH3 is 1. The summed E-state index contributed by atoms with van der Waals surface area (Å²) in [4.78, 5) is 34.6. The van der Waals surface area contributed by atoms with E-state index in [1.165, 1.54) is 37.0 Å². The maximum atomic E-state index is 11.8. The average Bonchev–Trinajstić information content (AvgIpc) is 2.86. The molecule has 8 heteroatoms. The molecule has 0 fully saturated rings. The number of nitrogens with one attached hydrogen (secondary N) is 1. The van der Waals surface area contributed by atoms with Crippen molar-refractivity contribution in [2.24, 2.45) is 0 Å². The summed E-state index contributed by atoms with van der Waals surface area (Å²) in [6, 6.07) is 0. The molecule has 7 nitrogen and oxygen atoms in total. The Labute approximate surface area is 112 Å². The first kappa shape index (κ1) is 13.1. The van der Waals surface area contributed by atoms with Crippen LogP contribution in [0.3, 0.4) is 0 Å². The van der Waals surface area contributed by atoms with E-state index < -0.39 is 5.91 Å². The van der Waals surface area contributed by atoms with E-state index in [4.69, 9.17) is 0 Å². The van der Waals surface area contributed by atoms with Crippen LogP contribution in [0.5, 0.6) is 0 Å². The minimum atomic E-state index is -0.396. The van der Waals surface area contributed by atoms with Crippen LogP contribution in [-0.4, -0.2) is 33.9 Å². The van der Waals surface area contributed by atoms with Gasteiger partial charge < -0.3 is 4.74 Å². The molecular weight excluding hydrogens is 268 g/mol. The third-order valence-corrected chi connectivity index (χ3v) is 2.93. The first-order valence-electron chi connectivity index (χ1n) is 5.27. The molecule has 0 bridgehead atoms. The zero-order chi connectivity index (χ0) is 13.7. The molecule has 0 aliphatic carbocycles. The highest BCUT2D eigenvalue weighted by atomic mass is 32.1. The molecule has 0 aliphatic heterocycles. The molecule has 0 unspecified atom stereocenters. The number of anilines is 1. The van der Waals surface area contributed by atoms with Crippen LogP contribution in [0, 0.1) is 0 Å². The van der Waals surface area contributed by atoms with Crippen molar-refractivity contribution in [2.45, 2.75) is 6.42 Å². The lowest BCUT2D eigenvalue weighted by Gasteiger charge is -1.99. The fourth-order valence-corrected chi connectivity index (χ4v) is 1.95. The zero-order valence-electron chi connectivity index (χ0n) is 9.99. The number of ether oxygens (including phenoxy) is 1. The van der Waals surface area contributed by atoms with Gasteiger partial charge >= 0.3 is 5.97 Å². The van der Waals surface area contributed by atoms with Crippen molar-refractivity contribution >= 4 is 28.3 Å². The Morgan fingerprint density at radius 2 is 2.26 bits per heavy atom. The SMILES string of the molecule is COC(=O)Cc1csc(NC(=O)c2cnccn2)n1. The first-order valence-corrected chi connectivity index (χ1v) is 6.15. The Bertz CT molecular complexity index is 585. The number of carbonyl (C=O) groups excluding carboxylic acids is 2. The number of hydrogen-bond acceptors (Lipinski definition) is 7. The average molecular weight is 278 g/mol. The molecule has 2 rings (SSSR count). The molecule has 19 heavy (non-hydrogen) atoms. The topological polar surface area (TPSA) is 94.1 Å². The van der Waals surface area contributed by atoms with Gasteiger partial charge in [-0.2, -0.15) is 0 Å². The molecule has 98 valence electrons. The van der Waals surface area contributed by atoms with Crippen molar-refractivity contribution < 1.29 is 14.3 Å². The van der Waals surface area contributed by atoms with E-state index in [-0.39, 0.29) is 18.1 Å². The van der Waals surface area contributed by atoms with Gasteiger partial charge in [0.1, 0.15) is 5.69 Å². The Hall–Kier alpha value is -2.35. The predicted octanol–water partition coefficient (Wildman–Crippen LogP) is 0.901. The molecule has 1 N–H and O–H groups in total. The van der Waals surface area contributed by atoms with E-state index in [1.54, 1.807) is 5.38 Å². The summed E-state index contributed by atoms with van der Waals surface area (Å²) in [6.07, 6.45) is 4.35. The molecule has 2 aromatic rings. The van der Waals surface area contributed by atoms with E-state index in [2.05, 4.69) is 25.0 Å². The lowest BCUT2D eigenvalue weighted by molar-refractivity contribution is -0.139. The zero-order valence-corrected chi connectivity index (χ0v) is 10.8. The van der Waals surface area contributed by atoms with Gasteiger partial charge in [0.2, 0.25) is 0 Å². The van der Waals surface area contributed by atoms with Gasteiger partial charge in [-0.1, -0.05) is 0 Å². The summed E-state index contributed by atoms with van der Waals surface area (Å²) in [7, 11) is 1.31. The molecule has 0 radical (unpaired) electrons. The predicted molar refractivity (Wildman–Crippen MR) is 67.8 cm³/mol. The highest BCUT2D eigenvalue weighted by molar-refractivity contribution is 7.14. The van der Waals surface area contributed by atoms with Crippen LogP contribution in [0.2, 0.25) is 0 Å². The molecule has 2 heterocycles. The summed E-state index contributed by atoms with van der Waals surface area (Å²) in [5.41, 5.74) is 0.749. The van der Waals surface area contributed by atoms with Crippen molar-refractivity contribution in [1.82, 2.24) is 15.0 Å². The maximum absolute atomic E-state index is 11.8. The quantitative estimate of drug-likeness (QED) is 0.835. The third-order valence-electron chi connectivity index (χ3n) is 2.12. The monoisotopic (exact) mass is 278 g/mol. The Morgan fingerprint density at radius 1 is 1.42 bits per heavy atom. The van der Waals surface area contributed by atoms with E-state index in [9.17, 15) is 9.59 Å². The lowest BCUT2D eigenvalue weighted by atomic mass is 10.3. The van der Waals surface area contributed by atoms with Crippen molar-refractivity contribution in [2.75, 3.05) is 12.4 Å². The van der Waals surface area contributed by atoms with Gasteiger partial charge in [0.05, 0.1) is 25.4 Å². The highest BCUT2D eigenvalue weighted by Gasteiger charge is 2.11. The smallest absolute Gasteiger partial charge is 0.311 e. The molecule has 2 aromatic heterocycles. The summed E-state index contributed by atoms with van der Waals surface area (Å²) >= 11 is 1.23. The number of aromatic nitrogens is 3. The van der Waals surface area contributed by atoms with Crippen LogP contribution in [0.25, 0.3) is 0 Å². The van der Waals surface area contributed by atoms with Crippen LogP contribution in [0.4, 0.5) is 5.13 Å². The number of rotatable bonds is 4. The van der Waals surface area contributed by atoms with Crippen molar-refractivity contribution in [3.05, 3.63) is 35.4 Å². The molecule has 0 saturated heterocycles. The van der Waals surface area contributed by atoms with Crippen LogP contribution in [0.15, 0.2) is 24.0 Å². The fraction of sp³-hybridized carbons (Fsp3) is 0.182. The third kappa shape index (κ3) is 3.55. The van der Waals surface area contributed by atoms with Gasteiger partial charge in [-0.05, 0) is 0 Å². The van der Waals surface area contributed by atoms with Gasteiger partial charge in [0, 0.05) is 17.8 Å². The molecule has 0 spiro atoms. The first-order chi connectivity index (χ1) is 9.19. The van der Waals surface area contributed by atoms with Crippen molar-refractivity contribution in [3.63, 3.8) is 0 Å². The summed E-state index contributed by atoms with van der Waals surface area (Å²) in [5, 5.41) is 4.67. The maximum Gasteiger partial charge on any atom is 0.311 e. The van der Waals surface area contributed by atoms with E-state index in [0.29, 0.717) is 10.8 Å². The van der Waals surface area contributed by atoms with Crippen LogP contribution >= 0.6 is 11.3 Å². The minimum absolute atomic E-state index is 0.0774. The Kier molecular flexibility index (Phi) is 4.14. The van der Waals surface area contributed by atoms with Gasteiger partial charge in [-0.3, -0.25) is 19.9 Å². The number of esters is 1. The van der Waals surface area contributed by atoms with Gasteiger partial charge in [-0.25, -0.2) is 9.97 Å². The summed E-state index contributed by atoms with van der Waals surface area (Å²) in [5.74, 6) is -0.774. The summed E-state index contributed by atoms with van der Waals surface area (Å²) in [6.45, 7) is 0. The second-order valence-corrected chi connectivity index (χ2v) is 4.30. The van der Waals surface area contributed by atoms with Crippen LogP contribution in [0.1, 0.15) is 16.2 Å². The molecule has 0 atom stereocenters. The number of hydrogen-bond donors (Lipinski definition) is 1. The second kappa shape index (κ2) is 6.01. The molecule has 1 amide bonds. The van der Waals surface area contributed by atoms with Gasteiger partial charge in [0.25, 0.3) is 5.91 Å². The standard InChI is InChI=1S/C11H10N4O3S/c1-18-9(16)4-7-6-19-11(14-7)15-10(17)8-5-12-2-3-13-8/h2-3,5-6H,4H2,1H3,(H,14,15,17). The van der Waals surface area contributed by atoms with Crippen molar-refractivity contribution in [1.29, 1.82) is 0 Å². The van der Waals surface area contributed by atoms with Crippen molar-refractivity contribution in [3.8, 4) is 0 Å². The fourth-order valence-electron chi connectivity index (χ4n) is 1.24. The Morgan fingerprint density at radius 3 is 2.95 bits per heavy atom. The number of carbonyl (C=O) groups is 2. The lowest BCUT2D eigenvalue weighted by Crippen LogP contribution is -2.13. The number of amides is 1. The second-order valence-electron chi connectivity index (χ2n) is 3.44. The van der Waals surface area contributed by atoms with Gasteiger partial charge in [-0.15, -0.1) is 11.3 Å². The van der Waals surface area contributed by atoms with Crippen LogP contribution in [-0.2, 0) is 16.0 Å². The van der Waals surface area contributed by atoms with Gasteiger partial charge in [0.15, 0.2) is 5.13 Å². The normalized spacial score (nSPS) is 9.95. The molecule has 0 aliphatic rings. The molecule has 0 aromatic carbocycles. The minimum Gasteiger partial charge on any atom is -0.469 e. The largest absolute Gasteiger partial charge is 0.469 e. The van der Waals surface area contributed by atoms with E-state index in [1.807, 2.05) is 0 Å². The number of nitrogens with zero attached hydrogens (tertiary/aromatic N) is 3.